The highest BCUT2D eigenvalue weighted by molar-refractivity contribution is 7.86. The largest absolute Gasteiger partial charge is 0.457 e. The van der Waals surface area contributed by atoms with Crippen LogP contribution in [0, 0.1) is 5.41 Å². The average Bonchev–Trinajstić information content (AvgIpc) is 2.71. The van der Waals surface area contributed by atoms with E-state index in [0.29, 0.717) is 11.3 Å². The molecule has 4 atom stereocenters. The number of carbonyl (C=O) groups is 1. The first-order valence-electron chi connectivity index (χ1n) is 6.92. The Morgan fingerprint density at radius 2 is 2.10 bits per heavy atom. The molecule has 0 N–H and O–H groups in total. The van der Waals surface area contributed by atoms with E-state index in [1.54, 1.807) is 12.1 Å². The summed E-state index contributed by atoms with van der Waals surface area (Å²) in [6.07, 6.45) is 5.79. The summed E-state index contributed by atoms with van der Waals surface area (Å²) in [7, 11) is -0.910. The van der Waals surface area contributed by atoms with Gasteiger partial charge in [0, 0.05) is 21.5 Å². The lowest BCUT2D eigenvalue weighted by Gasteiger charge is -2.34. The van der Waals surface area contributed by atoms with Crippen LogP contribution in [0.15, 0.2) is 42.5 Å². The van der Waals surface area contributed by atoms with Crippen molar-refractivity contribution in [2.75, 3.05) is 5.75 Å². The molecule has 1 fully saturated rings. The van der Waals surface area contributed by atoms with Gasteiger partial charge in [0.25, 0.3) is 0 Å². The zero-order valence-corrected chi connectivity index (χ0v) is 12.3. The summed E-state index contributed by atoms with van der Waals surface area (Å²) in [6, 6.07) is 8.97. The molecule has 2 aliphatic rings. The van der Waals surface area contributed by atoms with Gasteiger partial charge in [0.1, 0.15) is 6.10 Å². The Morgan fingerprint density at radius 3 is 2.85 bits per heavy atom. The number of benzene rings is 1. The minimum absolute atomic E-state index is 0.112. The Hall–Kier alpha value is -1.42. The molecule has 1 heterocycles. The van der Waals surface area contributed by atoms with Crippen molar-refractivity contribution in [1.82, 2.24) is 0 Å². The minimum atomic E-state index is -0.910. The Bertz CT molecular complexity index is 566. The Morgan fingerprint density at radius 1 is 1.35 bits per heavy atom. The van der Waals surface area contributed by atoms with E-state index in [4.69, 9.17) is 4.74 Å². The molecule has 0 radical (unpaired) electrons. The molecule has 1 aromatic carbocycles. The van der Waals surface area contributed by atoms with Crippen LogP contribution in [0.1, 0.15) is 30.1 Å². The average molecular weight is 290 g/mol. The lowest BCUT2D eigenvalue weighted by atomic mass is 9.76. The van der Waals surface area contributed by atoms with E-state index in [9.17, 15) is 9.00 Å². The lowest BCUT2D eigenvalue weighted by molar-refractivity contribution is 0.0115. The molecule has 0 aromatic heterocycles. The Labute approximate surface area is 121 Å². The third-order valence-corrected chi connectivity index (χ3v) is 6.36. The van der Waals surface area contributed by atoms with Gasteiger partial charge in [0.05, 0.1) is 11.3 Å². The Balaban J connectivity index is 1.81. The third-order valence-electron chi connectivity index (χ3n) is 4.35. The smallest absolute Gasteiger partial charge is 0.338 e. The van der Waals surface area contributed by atoms with Crippen LogP contribution in [-0.4, -0.2) is 27.3 Å². The predicted octanol–water partition coefficient (Wildman–Crippen LogP) is 2.70. The fraction of sp³-hybridized carbons (Fsp3) is 0.438. The molecule has 0 bridgehead atoms. The van der Waals surface area contributed by atoms with E-state index < -0.39 is 10.8 Å². The molecule has 3 nitrogen and oxygen atoms in total. The topological polar surface area (TPSA) is 43.4 Å². The molecule has 1 unspecified atom stereocenters. The fourth-order valence-electron chi connectivity index (χ4n) is 3.11. The molecular weight excluding hydrogens is 272 g/mol. The van der Waals surface area contributed by atoms with Crippen LogP contribution in [0.4, 0.5) is 0 Å². The van der Waals surface area contributed by atoms with Crippen molar-refractivity contribution in [2.24, 2.45) is 5.41 Å². The lowest BCUT2D eigenvalue weighted by Crippen LogP contribution is -2.39. The van der Waals surface area contributed by atoms with Crippen LogP contribution in [0.25, 0.3) is 0 Å². The number of carbonyl (C=O) groups excluding carboxylic acids is 1. The maximum Gasteiger partial charge on any atom is 0.338 e. The predicted molar refractivity (Wildman–Crippen MR) is 78.9 cm³/mol. The van der Waals surface area contributed by atoms with Crippen molar-refractivity contribution in [1.29, 1.82) is 0 Å². The third kappa shape index (κ3) is 2.22. The van der Waals surface area contributed by atoms with Gasteiger partial charge < -0.3 is 4.74 Å². The van der Waals surface area contributed by atoms with Crippen LogP contribution in [-0.2, 0) is 15.5 Å². The zero-order chi connectivity index (χ0) is 14.2. The van der Waals surface area contributed by atoms with Crippen LogP contribution in [0.2, 0.25) is 0 Å². The SMILES string of the molecule is C[C@]12C=CCC[C@H]1S(=O)C[C@@H]2OC(=O)c1ccccc1. The first kappa shape index (κ1) is 13.6. The maximum absolute atomic E-state index is 12.2. The molecule has 1 saturated heterocycles. The molecule has 1 aromatic rings. The van der Waals surface area contributed by atoms with Crippen molar-refractivity contribution in [3.05, 3.63) is 48.0 Å². The molecular formula is C16H18O3S. The molecule has 20 heavy (non-hydrogen) atoms. The van der Waals surface area contributed by atoms with Crippen molar-refractivity contribution >= 4 is 16.8 Å². The molecule has 1 aliphatic heterocycles. The van der Waals surface area contributed by atoms with Gasteiger partial charge >= 0.3 is 5.97 Å². The number of hydrogen-bond acceptors (Lipinski definition) is 3. The van der Waals surface area contributed by atoms with Crippen molar-refractivity contribution in [2.45, 2.75) is 31.1 Å². The van der Waals surface area contributed by atoms with Gasteiger partial charge in [-0.2, -0.15) is 0 Å². The number of rotatable bonds is 2. The van der Waals surface area contributed by atoms with E-state index in [1.807, 2.05) is 18.2 Å². The number of hydrogen-bond donors (Lipinski definition) is 0. The number of fused-ring (bicyclic) bond motifs is 1. The van der Waals surface area contributed by atoms with Crippen molar-refractivity contribution in [3.63, 3.8) is 0 Å². The highest BCUT2D eigenvalue weighted by Gasteiger charge is 2.52. The van der Waals surface area contributed by atoms with Crippen molar-refractivity contribution < 1.29 is 13.7 Å². The molecule has 1 aliphatic carbocycles. The quantitative estimate of drug-likeness (QED) is 0.621. The second-order valence-corrected chi connectivity index (χ2v) is 7.31. The molecule has 0 amide bonds. The van der Waals surface area contributed by atoms with Gasteiger partial charge in [-0.15, -0.1) is 0 Å². The van der Waals surface area contributed by atoms with E-state index in [1.165, 1.54) is 0 Å². The van der Waals surface area contributed by atoms with Crippen LogP contribution in [0.3, 0.4) is 0 Å². The summed E-state index contributed by atoms with van der Waals surface area (Å²) >= 11 is 0. The molecule has 0 saturated carbocycles. The normalized spacial score (nSPS) is 35.5. The molecule has 0 spiro atoms. The van der Waals surface area contributed by atoms with E-state index in [-0.39, 0.29) is 22.7 Å². The van der Waals surface area contributed by atoms with Crippen molar-refractivity contribution in [3.8, 4) is 0 Å². The van der Waals surface area contributed by atoms with Gasteiger partial charge in [-0.05, 0) is 25.0 Å². The van der Waals surface area contributed by atoms with Gasteiger partial charge in [-0.1, -0.05) is 37.3 Å². The second-order valence-electron chi connectivity index (χ2n) is 5.64. The van der Waals surface area contributed by atoms with Gasteiger partial charge in [0.15, 0.2) is 0 Å². The highest BCUT2D eigenvalue weighted by Crippen LogP contribution is 2.44. The Kier molecular flexibility index (Phi) is 3.50. The minimum Gasteiger partial charge on any atom is -0.457 e. The second kappa shape index (κ2) is 5.17. The molecule has 3 rings (SSSR count). The number of allylic oxidation sites excluding steroid dienone is 1. The number of ether oxygens (including phenoxy) is 1. The summed E-state index contributed by atoms with van der Waals surface area (Å²) in [5.74, 6) is 0.123. The first-order valence-corrected chi connectivity index (χ1v) is 8.30. The monoisotopic (exact) mass is 290 g/mol. The highest BCUT2D eigenvalue weighted by atomic mass is 32.2. The summed E-state index contributed by atoms with van der Waals surface area (Å²) in [4.78, 5) is 12.2. The maximum atomic E-state index is 12.2. The van der Waals surface area contributed by atoms with Gasteiger partial charge in [-0.25, -0.2) is 4.79 Å². The summed E-state index contributed by atoms with van der Waals surface area (Å²) in [5.41, 5.74) is 0.262. The van der Waals surface area contributed by atoms with Gasteiger partial charge in [-0.3, -0.25) is 4.21 Å². The summed E-state index contributed by atoms with van der Waals surface area (Å²) in [6.45, 7) is 2.06. The van der Waals surface area contributed by atoms with E-state index >= 15 is 0 Å². The van der Waals surface area contributed by atoms with Crippen LogP contribution < -0.4 is 0 Å². The standard InChI is InChI=1S/C16H18O3S/c1-16-10-6-5-9-14(16)20(18)11-13(16)19-15(17)12-7-3-2-4-8-12/h2-4,6-8,10,13-14H,5,9,11H2,1H3/t13-,14+,16+,20?/m0/s1. The van der Waals surface area contributed by atoms with Crippen LogP contribution in [0.5, 0.6) is 0 Å². The van der Waals surface area contributed by atoms with E-state index in [0.717, 1.165) is 12.8 Å². The zero-order valence-electron chi connectivity index (χ0n) is 11.5. The fourth-order valence-corrected chi connectivity index (χ4v) is 5.26. The molecule has 4 heteroatoms. The molecule has 106 valence electrons. The van der Waals surface area contributed by atoms with Gasteiger partial charge in [0.2, 0.25) is 0 Å². The van der Waals surface area contributed by atoms with Crippen LogP contribution >= 0.6 is 0 Å². The summed E-state index contributed by atoms with van der Waals surface area (Å²) < 4.78 is 17.9. The van der Waals surface area contributed by atoms with E-state index in [2.05, 4.69) is 19.1 Å². The first-order chi connectivity index (χ1) is 9.61. The number of esters is 1. The summed E-state index contributed by atoms with van der Waals surface area (Å²) in [5, 5.41) is 0.112.